The van der Waals surface area contributed by atoms with Crippen molar-refractivity contribution in [1.29, 1.82) is 0 Å². The highest BCUT2D eigenvalue weighted by molar-refractivity contribution is 5.83. The van der Waals surface area contributed by atoms with Crippen LogP contribution in [0, 0.1) is 5.92 Å². The van der Waals surface area contributed by atoms with Crippen LogP contribution in [0.3, 0.4) is 0 Å². The summed E-state index contributed by atoms with van der Waals surface area (Å²) in [7, 11) is 0. The zero-order chi connectivity index (χ0) is 25.5. The van der Waals surface area contributed by atoms with Crippen molar-refractivity contribution in [3.05, 3.63) is 46.5 Å². The van der Waals surface area contributed by atoms with E-state index in [9.17, 15) is 0 Å². The Morgan fingerprint density at radius 1 is 0.543 bits per heavy atom. The molecule has 2 aliphatic carbocycles. The summed E-state index contributed by atoms with van der Waals surface area (Å²) in [6.45, 7) is 19.7. The molecular formula is C33H56O2. The second-order valence-corrected chi connectivity index (χ2v) is 8.29. The van der Waals surface area contributed by atoms with E-state index >= 15 is 0 Å². The molecule has 0 atom stereocenters. The first-order valence-electron chi connectivity index (χ1n) is 14.4. The Balaban J connectivity index is 0.00000117. The van der Waals surface area contributed by atoms with Crippen molar-refractivity contribution in [2.24, 2.45) is 5.92 Å². The van der Waals surface area contributed by atoms with Crippen molar-refractivity contribution in [3.63, 3.8) is 0 Å². The third-order valence-electron chi connectivity index (χ3n) is 6.29. The molecule has 3 aliphatic rings. The maximum atomic E-state index is 6.35. The van der Waals surface area contributed by atoms with Crippen molar-refractivity contribution in [1.82, 2.24) is 0 Å². The molecule has 0 unspecified atom stereocenters. The molecule has 0 N–H and O–H groups in total. The van der Waals surface area contributed by atoms with Crippen LogP contribution in [-0.2, 0) is 25.7 Å². The maximum Gasteiger partial charge on any atom is 0.127 e. The Bertz CT molecular complexity index is 768. The molecule has 0 spiro atoms. The van der Waals surface area contributed by atoms with Gasteiger partial charge in [-0.15, -0.1) is 0 Å². The second-order valence-electron chi connectivity index (χ2n) is 8.29. The lowest BCUT2D eigenvalue weighted by atomic mass is 9.80. The lowest BCUT2D eigenvalue weighted by Gasteiger charge is -2.27. The van der Waals surface area contributed by atoms with E-state index < -0.39 is 0 Å². The molecular weight excluding hydrogens is 428 g/mol. The summed E-state index contributed by atoms with van der Waals surface area (Å²) in [5.41, 5.74) is 8.78. The van der Waals surface area contributed by atoms with Gasteiger partial charge in [0.15, 0.2) is 0 Å². The van der Waals surface area contributed by atoms with Gasteiger partial charge in [0.1, 0.15) is 11.5 Å². The van der Waals surface area contributed by atoms with Crippen LogP contribution in [0.1, 0.15) is 118 Å². The molecule has 0 bridgehead atoms. The molecule has 0 aromatic heterocycles. The van der Waals surface area contributed by atoms with Gasteiger partial charge in [0.25, 0.3) is 0 Å². The molecule has 1 aliphatic heterocycles. The van der Waals surface area contributed by atoms with Crippen LogP contribution in [0.4, 0.5) is 0 Å². The molecule has 0 saturated carbocycles. The summed E-state index contributed by atoms with van der Waals surface area (Å²) in [6.07, 6.45) is 9.91. The normalized spacial score (nSPS) is 15.1. The summed E-state index contributed by atoms with van der Waals surface area (Å²) >= 11 is 0. The average molecular weight is 485 g/mol. The van der Waals surface area contributed by atoms with E-state index in [1.165, 1.54) is 84.7 Å². The fourth-order valence-corrected chi connectivity index (χ4v) is 4.91. The minimum Gasteiger partial charge on any atom is -0.493 e. The molecule has 5 rings (SSSR count). The Hall–Kier alpha value is -1.96. The van der Waals surface area contributed by atoms with Crippen molar-refractivity contribution < 1.29 is 9.47 Å². The van der Waals surface area contributed by atoms with Gasteiger partial charge >= 0.3 is 0 Å². The minimum atomic E-state index is 0. The van der Waals surface area contributed by atoms with Gasteiger partial charge in [-0.2, -0.15) is 0 Å². The lowest BCUT2D eigenvalue weighted by Crippen LogP contribution is -2.16. The first-order chi connectivity index (χ1) is 16.8. The molecule has 2 aromatic carbocycles. The van der Waals surface area contributed by atoms with Gasteiger partial charge in [-0.25, -0.2) is 0 Å². The predicted molar refractivity (Wildman–Crippen MR) is 157 cm³/mol. The van der Waals surface area contributed by atoms with E-state index in [-0.39, 0.29) is 7.43 Å². The van der Waals surface area contributed by atoms with Crippen molar-refractivity contribution in [3.8, 4) is 22.6 Å². The lowest BCUT2D eigenvalue weighted by molar-refractivity contribution is 0.192. The smallest absolute Gasteiger partial charge is 0.127 e. The molecule has 2 nitrogen and oxygen atoms in total. The molecule has 0 fully saturated rings. The van der Waals surface area contributed by atoms with Crippen LogP contribution in [0.5, 0.6) is 11.5 Å². The minimum absolute atomic E-state index is 0. The number of hydrogen-bond donors (Lipinski definition) is 0. The first-order valence-corrected chi connectivity index (χ1v) is 14.4. The monoisotopic (exact) mass is 484 g/mol. The summed E-state index contributed by atoms with van der Waals surface area (Å²) < 4.78 is 12.7. The van der Waals surface area contributed by atoms with Gasteiger partial charge < -0.3 is 9.47 Å². The number of hydrogen-bond acceptors (Lipinski definition) is 2. The van der Waals surface area contributed by atoms with Crippen LogP contribution >= 0.6 is 0 Å². The maximum absolute atomic E-state index is 6.35. The Kier molecular flexibility index (Phi) is 17.3. The molecule has 0 amide bonds. The Morgan fingerprint density at radius 3 is 1.26 bits per heavy atom. The Morgan fingerprint density at radius 2 is 0.886 bits per heavy atom. The summed E-state index contributed by atoms with van der Waals surface area (Å²) in [4.78, 5) is 0. The topological polar surface area (TPSA) is 18.5 Å². The highest BCUT2D eigenvalue weighted by Gasteiger charge is 2.27. The number of ether oxygens (including phenoxy) is 2. The van der Waals surface area contributed by atoms with Crippen LogP contribution in [0.2, 0.25) is 0 Å². The van der Waals surface area contributed by atoms with Gasteiger partial charge in [-0.3, -0.25) is 0 Å². The molecule has 1 heterocycles. The molecule has 0 radical (unpaired) electrons. The molecule has 0 saturated heterocycles. The number of benzene rings is 2. The average Bonchev–Trinajstić information content (AvgIpc) is 3.01. The molecule has 35 heavy (non-hydrogen) atoms. The quantitative estimate of drug-likeness (QED) is 0.370. The van der Waals surface area contributed by atoms with Gasteiger partial charge in [-0.05, 0) is 85.8 Å². The van der Waals surface area contributed by atoms with E-state index in [0.717, 1.165) is 24.7 Å². The van der Waals surface area contributed by atoms with Gasteiger partial charge in [0.05, 0.1) is 13.2 Å². The summed E-state index contributed by atoms with van der Waals surface area (Å²) in [5, 5.41) is 0. The van der Waals surface area contributed by atoms with Crippen molar-refractivity contribution >= 4 is 0 Å². The summed E-state index contributed by atoms with van der Waals surface area (Å²) in [5.74, 6) is 2.53. The zero-order valence-corrected chi connectivity index (χ0v) is 23.8. The van der Waals surface area contributed by atoms with E-state index in [0.29, 0.717) is 5.92 Å². The largest absolute Gasteiger partial charge is 0.493 e. The van der Waals surface area contributed by atoms with Crippen LogP contribution in [-0.4, -0.2) is 13.2 Å². The third-order valence-corrected chi connectivity index (χ3v) is 6.29. The van der Waals surface area contributed by atoms with Gasteiger partial charge in [0, 0.05) is 17.0 Å². The van der Waals surface area contributed by atoms with Crippen LogP contribution < -0.4 is 9.47 Å². The van der Waals surface area contributed by atoms with Crippen LogP contribution in [0.15, 0.2) is 24.3 Å². The Labute approximate surface area is 218 Å². The highest BCUT2D eigenvalue weighted by Crippen LogP contribution is 2.47. The number of fused-ring (bicyclic) bond motifs is 7. The van der Waals surface area contributed by atoms with E-state index in [4.69, 9.17) is 9.47 Å². The second kappa shape index (κ2) is 18.3. The molecule has 2 aromatic rings. The standard InChI is InChI=1S/C24H28O2.4C2H6.CH4/c1-16-14-25-21-12-10-17-6-2-4-8-19(17)23(21)24-20-9-5-3-7-18(20)11-13-22(24)26-15-16;4*1-2;/h10-13,16H,2-9,14-15H2,1H3;4*1-2H3;1H4. The third kappa shape index (κ3) is 8.02. The zero-order valence-electron chi connectivity index (χ0n) is 23.8. The molecule has 200 valence electrons. The van der Waals surface area contributed by atoms with Gasteiger partial charge in [0.2, 0.25) is 0 Å². The number of aryl methyl sites for hydroxylation is 2. The highest BCUT2D eigenvalue weighted by atomic mass is 16.5. The van der Waals surface area contributed by atoms with E-state index in [1.54, 1.807) is 0 Å². The van der Waals surface area contributed by atoms with E-state index in [2.05, 4.69) is 31.2 Å². The van der Waals surface area contributed by atoms with Gasteiger partial charge in [-0.1, -0.05) is 81.9 Å². The first kappa shape index (κ1) is 33.0. The summed E-state index contributed by atoms with van der Waals surface area (Å²) in [6, 6.07) is 9.07. The fraction of sp³-hybridized carbons (Fsp3) is 0.636. The van der Waals surface area contributed by atoms with Crippen molar-refractivity contribution in [2.45, 2.75) is 121 Å². The SMILES string of the molecule is C.CC.CC.CC.CC.CC1COc2ccc3c(c2-c2c(ccc4c2CCCC4)OC1)CCCC3. The van der Waals surface area contributed by atoms with Crippen LogP contribution in [0.25, 0.3) is 11.1 Å². The predicted octanol–water partition coefficient (Wildman–Crippen LogP) is 10.3. The van der Waals surface area contributed by atoms with Crippen molar-refractivity contribution in [2.75, 3.05) is 13.2 Å². The fourth-order valence-electron chi connectivity index (χ4n) is 4.91. The number of rotatable bonds is 0. The molecule has 2 heteroatoms. The van der Waals surface area contributed by atoms with E-state index in [1.807, 2.05) is 55.4 Å².